The third-order valence-electron chi connectivity index (χ3n) is 7.25. The lowest BCUT2D eigenvalue weighted by Gasteiger charge is -2.52. The Balaban J connectivity index is 1.71. The molecule has 0 fully saturated rings. The summed E-state index contributed by atoms with van der Waals surface area (Å²) in [7, 11) is 0. The predicted octanol–water partition coefficient (Wildman–Crippen LogP) is 4.41. The Morgan fingerprint density at radius 2 is 1.82 bits per heavy atom. The normalized spacial score (nSPS) is 21.1. The minimum absolute atomic E-state index is 0.0476. The average Bonchev–Trinajstić information content (AvgIpc) is 2.97. The highest BCUT2D eigenvalue weighted by atomic mass is 32.2. The number of benzene rings is 2. The van der Waals surface area contributed by atoms with Crippen molar-refractivity contribution >= 4 is 17.7 Å². The van der Waals surface area contributed by atoms with Gasteiger partial charge in [0.15, 0.2) is 11.4 Å². The third kappa shape index (κ3) is 3.03. The lowest BCUT2D eigenvalue weighted by atomic mass is 9.85. The molecule has 3 aliphatic heterocycles. The molecule has 3 aromatic rings. The Hall–Kier alpha value is -3.19. The summed E-state index contributed by atoms with van der Waals surface area (Å²) in [5.41, 5.74) is 4.61. The molecule has 1 N–H and O–H groups in total. The van der Waals surface area contributed by atoms with Gasteiger partial charge in [0.25, 0.3) is 5.91 Å². The molecule has 2 unspecified atom stereocenters. The van der Waals surface area contributed by atoms with Crippen LogP contribution in [-0.2, 0) is 12.2 Å². The van der Waals surface area contributed by atoms with Gasteiger partial charge in [-0.2, -0.15) is 0 Å². The number of aromatic nitrogens is 1. The molecule has 0 aliphatic carbocycles. The van der Waals surface area contributed by atoms with Crippen molar-refractivity contribution in [2.24, 2.45) is 0 Å². The molecular formula is C27H27N3O3S. The van der Waals surface area contributed by atoms with Gasteiger partial charge in [0.1, 0.15) is 6.17 Å². The average molecular weight is 474 g/mol. The molecule has 2 atom stereocenters. The molecule has 1 aromatic heterocycles. The monoisotopic (exact) mass is 473 g/mol. The van der Waals surface area contributed by atoms with Crippen molar-refractivity contribution in [3.8, 4) is 5.75 Å². The molecule has 0 saturated carbocycles. The van der Waals surface area contributed by atoms with Gasteiger partial charge in [0.2, 0.25) is 5.43 Å². The SMILES string of the molecule is CC(C)N1C(=O)c2c(O)c(=O)ccn2N2C3c4ccccc4SCc4cccc(c43)CCCC12. The fourth-order valence-electron chi connectivity index (χ4n) is 5.84. The van der Waals surface area contributed by atoms with Crippen LogP contribution in [-0.4, -0.2) is 32.8 Å². The van der Waals surface area contributed by atoms with Crippen LogP contribution >= 0.6 is 11.8 Å². The highest BCUT2D eigenvalue weighted by Crippen LogP contribution is 2.47. The van der Waals surface area contributed by atoms with Gasteiger partial charge in [-0.3, -0.25) is 19.3 Å². The van der Waals surface area contributed by atoms with Crippen molar-refractivity contribution in [3.05, 3.63) is 92.9 Å². The molecule has 6 rings (SSSR count). The summed E-state index contributed by atoms with van der Waals surface area (Å²) in [5, 5.41) is 13.0. The van der Waals surface area contributed by atoms with E-state index in [2.05, 4.69) is 47.5 Å². The lowest BCUT2D eigenvalue weighted by molar-refractivity contribution is 0.0440. The molecule has 7 heteroatoms. The van der Waals surface area contributed by atoms with E-state index >= 15 is 0 Å². The molecule has 3 aliphatic rings. The Morgan fingerprint density at radius 1 is 1.03 bits per heavy atom. The van der Waals surface area contributed by atoms with Crippen LogP contribution in [0.3, 0.4) is 0 Å². The number of pyridine rings is 1. The van der Waals surface area contributed by atoms with E-state index in [0.717, 1.165) is 25.0 Å². The van der Waals surface area contributed by atoms with Crippen LogP contribution in [0.25, 0.3) is 0 Å². The van der Waals surface area contributed by atoms with Crippen LogP contribution in [0, 0.1) is 0 Å². The first-order valence-electron chi connectivity index (χ1n) is 11.9. The molecule has 2 aromatic carbocycles. The smallest absolute Gasteiger partial charge is 0.278 e. The van der Waals surface area contributed by atoms with E-state index in [9.17, 15) is 14.7 Å². The van der Waals surface area contributed by atoms with Crippen LogP contribution in [0.1, 0.15) is 65.5 Å². The van der Waals surface area contributed by atoms with Crippen LogP contribution in [0.5, 0.6) is 5.75 Å². The highest BCUT2D eigenvalue weighted by molar-refractivity contribution is 7.98. The number of amides is 1. The van der Waals surface area contributed by atoms with Crippen LogP contribution < -0.4 is 10.4 Å². The summed E-state index contributed by atoms with van der Waals surface area (Å²) in [5.74, 6) is 0.102. The van der Waals surface area contributed by atoms with Crippen molar-refractivity contribution in [3.63, 3.8) is 0 Å². The van der Waals surface area contributed by atoms with Crippen molar-refractivity contribution in [2.75, 3.05) is 5.01 Å². The van der Waals surface area contributed by atoms with E-state index in [4.69, 9.17) is 0 Å². The molecule has 34 heavy (non-hydrogen) atoms. The Labute approximate surface area is 202 Å². The van der Waals surface area contributed by atoms with E-state index in [1.165, 1.54) is 33.2 Å². The zero-order valence-electron chi connectivity index (χ0n) is 19.3. The maximum atomic E-state index is 13.7. The molecule has 6 nitrogen and oxygen atoms in total. The number of rotatable bonds is 1. The van der Waals surface area contributed by atoms with Crippen molar-refractivity contribution in [1.82, 2.24) is 9.58 Å². The second kappa shape index (κ2) is 7.94. The Bertz CT molecular complexity index is 1370. The van der Waals surface area contributed by atoms with Crippen molar-refractivity contribution in [2.45, 2.75) is 62.0 Å². The van der Waals surface area contributed by atoms with Gasteiger partial charge >= 0.3 is 0 Å². The first kappa shape index (κ1) is 21.4. The molecule has 4 heterocycles. The van der Waals surface area contributed by atoms with Crippen LogP contribution in [0.2, 0.25) is 0 Å². The van der Waals surface area contributed by atoms with Gasteiger partial charge in [-0.15, -0.1) is 11.8 Å². The van der Waals surface area contributed by atoms with Crippen molar-refractivity contribution in [1.29, 1.82) is 0 Å². The van der Waals surface area contributed by atoms with Gasteiger partial charge in [-0.05, 0) is 61.4 Å². The predicted molar refractivity (Wildman–Crippen MR) is 133 cm³/mol. The number of carbonyl (C=O) groups is 1. The molecule has 1 amide bonds. The summed E-state index contributed by atoms with van der Waals surface area (Å²) < 4.78 is 1.76. The van der Waals surface area contributed by atoms with Gasteiger partial charge in [-0.1, -0.05) is 36.4 Å². The maximum Gasteiger partial charge on any atom is 0.278 e. The van der Waals surface area contributed by atoms with Gasteiger partial charge in [0.05, 0.1) is 6.04 Å². The van der Waals surface area contributed by atoms with E-state index in [1.807, 2.05) is 30.5 Å². The molecule has 0 radical (unpaired) electrons. The van der Waals surface area contributed by atoms with Gasteiger partial charge in [0, 0.05) is 29.0 Å². The number of aromatic hydroxyl groups is 1. The van der Waals surface area contributed by atoms with E-state index < -0.39 is 11.2 Å². The molecule has 174 valence electrons. The second-order valence-corrected chi connectivity index (χ2v) is 10.5. The summed E-state index contributed by atoms with van der Waals surface area (Å²) in [6, 6.07) is 16.2. The number of aryl methyl sites for hydroxylation is 1. The zero-order valence-corrected chi connectivity index (χ0v) is 20.1. The van der Waals surface area contributed by atoms with E-state index in [0.29, 0.717) is 0 Å². The quantitative estimate of drug-likeness (QED) is 0.567. The maximum absolute atomic E-state index is 13.7. The second-order valence-electron chi connectivity index (χ2n) is 9.50. The minimum atomic E-state index is -0.535. The summed E-state index contributed by atoms with van der Waals surface area (Å²) in [4.78, 5) is 29.2. The topological polar surface area (TPSA) is 65.8 Å². The molecule has 0 saturated heterocycles. The highest BCUT2D eigenvalue weighted by Gasteiger charge is 2.46. The standard InChI is InChI=1S/C27H27N3O3S/c1-16(2)29-22-12-6-8-17-7-5-9-18-15-34-21-11-4-3-10-19(21)24(23(17)18)30(22)28-14-13-20(31)26(32)25(28)27(29)33/h3-5,7,9-11,13-14,16,22,24,32H,6,8,12,15H2,1-2H3. The fourth-order valence-corrected chi connectivity index (χ4v) is 6.93. The Morgan fingerprint density at radius 3 is 2.65 bits per heavy atom. The third-order valence-corrected chi connectivity index (χ3v) is 8.39. The van der Waals surface area contributed by atoms with Gasteiger partial charge < -0.3 is 10.0 Å². The molecule has 0 spiro atoms. The Kier molecular flexibility index (Phi) is 4.99. The summed E-state index contributed by atoms with van der Waals surface area (Å²) >= 11 is 1.84. The number of hydrogen-bond acceptors (Lipinski definition) is 5. The lowest BCUT2D eigenvalue weighted by Crippen LogP contribution is -2.64. The largest absolute Gasteiger partial charge is 0.502 e. The first-order valence-corrected chi connectivity index (χ1v) is 12.8. The van der Waals surface area contributed by atoms with Crippen molar-refractivity contribution < 1.29 is 9.90 Å². The minimum Gasteiger partial charge on any atom is -0.502 e. The van der Waals surface area contributed by atoms with Crippen LogP contribution in [0.15, 0.2) is 64.4 Å². The number of carbonyl (C=O) groups excluding carboxylic acids is 1. The summed E-state index contributed by atoms with van der Waals surface area (Å²) in [6.07, 6.45) is 4.15. The number of fused-ring (bicyclic) bond motifs is 6. The van der Waals surface area contributed by atoms with E-state index in [-0.39, 0.29) is 29.9 Å². The summed E-state index contributed by atoms with van der Waals surface area (Å²) in [6.45, 7) is 4.00. The fraction of sp³-hybridized carbons (Fsp3) is 0.333. The number of hydrogen-bond donors (Lipinski definition) is 1. The van der Waals surface area contributed by atoms with Gasteiger partial charge in [-0.25, -0.2) is 0 Å². The van der Waals surface area contributed by atoms with E-state index in [1.54, 1.807) is 10.9 Å². The zero-order chi connectivity index (χ0) is 23.6. The molecular weight excluding hydrogens is 446 g/mol. The first-order chi connectivity index (χ1) is 16.5. The number of nitrogens with zero attached hydrogens (tertiary/aromatic N) is 3. The molecule has 0 bridgehead atoms. The number of thioether (sulfide) groups is 1. The van der Waals surface area contributed by atoms with Crippen LogP contribution in [0.4, 0.5) is 0 Å².